The number of ether oxygens (including phenoxy) is 2. The fraction of sp³-hybridized carbons (Fsp3) is 0.533. The van der Waals surface area contributed by atoms with Gasteiger partial charge >= 0.3 is 0 Å². The highest BCUT2D eigenvalue weighted by molar-refractivity contribution is 5.98. The fourth-order valence-electron chi connectivity index (χ4n) is 1.64. The molecule has 0 bridgehead atoms. The molecule has 0 spiro atoms. The molecule has 0 aliphatic heterocycles. The minimum atomic E-state index is 0.0760. The summed E-state index contributed by atoms with van der Waals surface area (Å²) in [5, 5.41) is 0. The standard InChI is InChI=1S/C15H22O3/c1-4-5-9-18-15-7-6-12(2)11-13(15)14(16)8-10-17-3/h6-7,11H,4-5,8-10H2,1-3H3. The third-order valence-electron chi connectivity index (χ3n) is 2.72. The smallest absolute Gasteiger partial charge is 0.168 e. The Balaban J connectivity index is 2.78. The van der Waals surface area contributed by atoms with Crippen LogP contribution < -0.4 is 4.74 Å². The van der Waals surface area contributed by atoms with E-state index in [1.165, 1.54) is 0 Å². The van der Waals surface area contributed by atoms with E-state index in [-0.39, 0.29) is 5.78 Å². The maximum absolute atomic E-state index is 12.0. The molecule has 0 radical (unpaired) electrons. The van der Waals surface area contributed by atoms with Gasteiger partial charge in [0.25, 0.3) is 0 Å². The first kappa shape index (κ1) is 14.7. The zero-order chi connectivity index (χ0) is 13.4. The summed E-state index contributed by atoms with van der Waals surface area (Å²) in [4.78, 5) is 12.0. The molecule has 1 rings (SSSR count). The van der Waals surface area contributed by atoms with Gasteiger partial charge < -0.3 is 9.47 Å². The number of ketones is 1. The van der Waals surface area contributed by atoms with E-state index in [0.29, 0.717) is 30.9 Å². The van der Waals surface area contributed by atoms with Gasteiger partial charge in [0.1, 0.15) is 5.75 Å². The van der Waals surface area contributed by atoms with Gasteiger partial charge in [-0.15, -0.1) is 0 Å². The zero-order valence-corrected chi connectivity index (χ0v) is 11.5. The predicted molar refractivity (Wildman–Crippen MR) is 72.4 cm³/mol. The first-order valence-electron chi connectivity index (χ1n) is 6.44. The highest BCUT2D eigenvalue weighted by Crippen LogP contribution is 2.22. The molecule has 1 aromatic rings. The molecule has 0 unspecified atom stereocenters. The van der Waals surface area contributed by atoms with Crippen LogP contribution in [0.1, 0.15) is 42.1 Å². The van der Waals surface area contributed by atoms with E-state index in [1.807, 2.05) is 25.1 Å². The number of benzene rings is 1. The van der Waals surface area contributed by atoms with Crippen molar-refractivity contribution >= 4 is 5.78 Å². The molecule has 0 saturated heterocycles. The minimum Gasteiger partial charge on any atom is -0.493 e. The molecule has 1 aromatic carbocycles. The van der Waals surface area contributed by atoms with Crippen LogP contribution in [0.15, 0.2) is 18.2 Å². The van der Waals surface area contributed by atoms with E-state index in [2.05, 4.69) is 6.92 Å². The van der Waals surface area contributed by atoms with E-state index in [9.17, 15) is 4.79 Å². The first-order chi connectivity index (χ1) is 8.69. The van der Waals surface area contributed by atoms with Crippen molar-refractivity contribution < 1.29 is 14.3 Å². The molecular formula is C15H22O3. The van der Waals surface area contributed by atoms with Gasteiger partial charge in [0.05, 0.1) is 18.8 Å². The summed E-state index contributed by atoms with van der Waals surface area (Å²) in [5.41, 5.74) is 1.74. The Bertz CT molecular complexity index is 385. The quantitative estimate of drug-likeness (QED) is 0.524. The van der Waals surface area contributed by atoms with Crippen LogP contribution in [0.3, 0.4) is 0 Å². The average Bonchev–Trinajstić information content (AvgIpc) is 2.38. The number of carbonyl (C=O) groups is 1. The van der Waals surface area contributed by atoms with Crippen molar-refractivity contribution in [3.05, 3.63) is 29.3 Å². The molecule has 0 amide bonds. The Morgan fingerprint density at radius 1 is 1.28 bits per heavy atom. The van der Waals surface area contributed by atoms with Gasteiger partial charge in [0, 0.05) is 13.5 Å². The lowest BCUT2D eigenvalue weighted by atomic mass is 10.0. The zero-order valence-electron chi connectivity index (χ0n) is 11.5. The maximum atomic E-state index is 12.0. The SMILES string of the molecule is CCCCOc1ccc(C)cc1C(=O)CCOC. The number of hydrogen-bond donors (Lipinski definition) is 0. The van der Waals surface area contributed by atoms with Crippen LogP contribution in [0.25, 0.3) is 0 Å². The summed E-state index contributed by atoms with van der Waals surface area (Å²) >= 11 is 0. The molecule has 0 N–H and O–H groups in total. The van der Waals surface area contributed by atoms with Gasteiger partial charge in [0.2, 0.25) is 0 Å². The van der Waals surface area contributed by atoms with E-state index in [1.54, 1.807) is 7.11 Å². The summed E-state index contributed by atoms with van der Waals surface area (Å²) in [5.74, 6) is 0.766. The molecule has 0 heterocycles. The largest absolute Gasteiger partial charge is 0.493 e. The van der Waals surface area contributed by atoms with Crippen LogP contribution in [0, 0.1) is 6.92 Å². The van der Waals surface area contributed by atoms with Gasteiger partial charge in [-0.2, -0.15) is 0 Å². The Morgan fingerprint density at radius 2 is 2.06 bits per heavy atom. The number of methoxy groups -OCH3 is 1. The maximum Gasteiger partial charge on any atom is 0.168 e. The second kappa shape index (κ2) is 7.88. The number of hydrogen-bond acceptors (Lipinski definition) is 3. The molecule has 0 saturated carbocycles. The third-order valence-corrected chi connectivity index (χ3v) is 2.72. The average molecular weight is 250 g/mol. The van der Waals surface area contributed by atoms with E-state index >= 15 is 0 Å². The van der Waals surface area contributed by atoms with Crippen molar-refractivity contribution in [3.8, 4) is 5.75 Å². The van der Waals surface area contributed by atoms with Crippen molar-refractivity contribution in [3.63, 3.8) is 0 Å². The Kier molecular flexibility index (Phi) is 6.44. The molecule has 100 valence electrons. The van der Waals surface area contributed by atoms with Crippen LogP contribution in [-0.4, -0.2) is 26.1 Å². The summed E-state index contributed by atoms with van der Waals surface area (Å²) in [6.45, 7) is 5.19. The summed E-state index contributed by atoms with van der Waals surface area (Å²) < 4.78 is 10.6. The second-order valence-corrected chi connectivity index (χ2v) is 4.37. The lowest BCUT2D eigenvalue weighted by Crippen LogP contribution is -2.07. The lowest BCUT2D eigenvalue weighted by Gasteiger charge is -2.11. The summed E-state index contributed by atoms with van der Waals surface area (Å²) in [6, 6.07) is 5.73. The molecular weight excluding hydrogens is 228 g/mol. The fourth-order valence-corrected chi connectivity index (χ4v) is 1.64. The Labute approximate surface area is 109 Å². The molecule has 0 fully saturated rings. The van der Waals surface area contributed by atoms with Crippen LogP contribution in [0.4, 0.5) is 0 Å². The third kappa shape index (κ3) is 4.49. The molecule has 0 atom stereocenters. The highest BCUT2D eigenvalue weighted by atomic mass is 16.5. The molecule has 0 aliphatic carbocycles. The van der Waals surface area contributed by atoms with Crippen LogP contribution in [0.2, 0.25) is 0 Å². The summed E-state index contributed by atoms with van der Waals surface area (Å²) in [6.07, 6.45) is 2.47. The predicted octanol–water partition coefficient (Wildman–Crippen LogP) is 3.39. The van der Waals surface area contributed by atoms with Gasteiger partial charge in [-0.1, -0.05) is 25.0 Å². The summed E-state index contributed by atoms with van der Waals surface area (Å²) in [7, 11) is 1.60. The number of rotatable bonds is 8. The number of Topliss-reactive ketones (excluding diaryl/α,β-unsaturated/α-hetero) is 1. The first-order valence-corrected chi connectivity index (χ1v) is 6.44. The van der Waals surface area contributed by atoms with Crippen LogP contribution in [-0.2, 0) is 4.74 Å². The molecule has 0 aromatic heterocycles. The van der Waals surface area contributed by atoms with Crippen molar-refractivity contribution in [1.29, 1.82) is 0 Å². The topological polar surface area (TPSA) is 35.5 Å². The molecule has 3 heteroatoms. The Hall–Kier alpha value is -1.35. The van der Waals surface area contributed by atoms with Crippen molar-refractivity contribution in [1.82, 2.24) is 0 Å². The van der Waals surface area contributed by atoms with Gasteiger partial charge in [-0.3, -0.25) is 4.79 Å². The minimum absolute atomic E-state index is 0.0760. The van der Waals surface area contributed by atoms with Crippen molar-refractivity contribution in [2.45, 2.75) is 33.1 Å². The molecule has 18 heavy (non-hydrogen) atoms. The number of aryl methyl sites for hydroxylation is 1. The van der Waals surface area contributed by atoms with E-state index in [4.69, 9.17) is 9.47 Å². The molecule has 3 nitrogen and oxygen atoms in total. The molecule has 0 aliphatic rings. The lowest BCUT2D eigenvalue weighted by molar-refractivity contribution is 0.0928. The van der Waals surface area contributed by atoms with E-state index in [0.717, 1.165) is 18.4 Å². The second-order valence-electron chi connectivity index (χ2n) is 4.37. The monoisotopic (exact) mass is 250 g/mol. The van der Waals surface area contributed by atoms with E-state index < -0.39 is 0 Å². The van der Waals surface area contributed by atoms with Crippen LogP contribution in [0.5, 0.6) is 5.75 Å². The van der Waals surface area contributed by atoms with Gasteiger partial charge in [0.15, 0.2) is 5.78 Å². The number of carbonyl (C=O) groups excluding carboxylic acids is 1. The number of unbranched alkanes of at least 4 members (excludes halogenated alkanes) is 1. The Morgan fingerprint density at radius 3 is 2.72 bits per heavy atom. The van der Waals surface area contributed by atoms with Crippen molar-refractivity contribution in [2.75, 3.05) is 20.3 Å². The van der Waals surface area contributed by atoms with Gasteiger partial charge in [-0.05, 0) is 25.5 Å². The highest BCUT2D eigenvalue weighted by Gasteiger charge is 2.12. The normalized spacial score (nSPS) is 10.4. The van der Waals surface area contributed by atoms with Crippen LogP contribution >= 0.6 is 0 Å². The van der Waals surface area contributed by atoms with Gasteiger partial charge in [-0.25, -0.2) is 0 Å². The van der Waals surface area contributed by atoms with Crippen molar-refractivity contribution in [2.24, 2.45) is 0 Å².